The third-order valence-electron chi connectivity index (χ3n) is 7.64. The Morgan fingerprint density at radius 2 is 1.34 bits per heavy atom. The summed E-state index contributed by atoms with van der Waals surface area (Å²) in [7, 11) is 3.04. The summed E-state index contributed by atoms with van der Waals surface area (Å²) in [5.41, 5.74) is -0.310. The van der Waals surface area contributed by atoms with Crippen LogP contribution in [-0.4, -0.2) is 32.3 Å². The summed E-state index contributed by atoms with van der Waals surface area (Å²) in [5, 5.41) is 2.10. The molecule has 0 saturated carbocycles. The number of carbonyl (C=O) groups is 2. The van der Waals surface area contributed by atoms with Gasteiger partial charge in [0, 0.05) is 19.1 Å². The Morgan fingerprint density at radius 3 is 1.97 bits per heavy atom. The zero-order valence-electron chi connectivity index (χ0n) is 24.3. The molecule has 2 aromatic rings. The van der Waals surface area contributed by atoms with Crippen LogP contribution in [0.15, 0.2) is 42.5 Å². The van der Waals surface area contributed by atoms with Crippen LogP contribution in [0.25, 0.3) is 10.8 Å². The van der Waals surface area contributed by atoms with E-state index >= 15 is 0 Å². The highest BCUT2D eigenvalue weighted by Gasteiger charge is 2.39. The van der Waals surface area contributed by atoms with Crippen LogP contribution in [0.4, 0.5) is 0 Å². The maximum absolute atomic E-state index is 13.6. The second kappa shape index (κ2) is 18.0. The fraction of sp³-hybridized carbons (Fsp3) is 0.636. The Hall–Kier alpha value is -2.40. The van der Waals surface area contributed by atoms with Crippen molar-refractivity contribution in [1.29, 1.82) is 0 Å². The molecule has 0 aliphatic carbocycles. The largest absolute Gasteiger partial charge is 0.469 e. The summed E-state index contributed by atoms with van der Waals surface area (Å²) in [6, 6.07) is 14.1. The molecule has 2 rings (SSSR count). The Balaban J connectivity index is 1.88. The van der Waals surface area contributed by atoms with E-state index < -0.39 is 5.60 Å². The van der Waals surface area contributed by atoms with Gasteiger partial charge in [-0.1, -0.05) is 107 Å². The summed E-state index contributed by atoms with van der Waals surface area (Å²) in [4.78, 5) is 24.8. The van der Waals surface area contributed by atoms with Gasteiger partial charge in [-0.15, -0.1) is 0 Å². The van der Waals surface area contributed by atoms with Gasteiger partial charge in [0.2, 0.25) is 0 Å². The van der Waals surface area contributed by atoms with Crippen molar-refractivity contribution in [2.75, 3.05) is 14.2 Å². The fourth-order valence-corrected chi connectivity index (χ4v) is 5.07. The number of methoxy groups -OCH3 is 2. The molecule has 0 aliphatic rings. The molecule has 0 unspecified atom stereocenters. The average Bonchev–Trinajstić information content (AvgIpc) is 2.94. The van der Waals surface area contributed by atoms with Gasteiger partial charge in [0.1, 0.15) is 6.10 Å². The van der Waals surface area contributed by atoms with Crippen LogP contribution in [0.2, 0.25) is 0 Å². The van der Waals surface area contributed by atoms with Crippen molar-refractivity contribution in [3.63, 3.8) is 0 Å². The van der Waals surface area contributed by atoms with Gasteiger partial charge in [0.25, 0.3) is 0 Å². The quantitative estimate of drug-likeness (QED) is 0.128. The van der Waals surface area contributed by atoms with Crippen LogP contribution in [-0.2, 0) is 29.4 Å². The van der Waals surface area contributed by atoms with E-state index in [0.717, 1.165) is 61.3 Å². The van der Waals surface area contributed by atoms with Crippen molar-refractivity contribution in [1.82, 2.24) is 0 Å². The van der Waals surface area contributed by atoms with Crippen LogP contribution in [0.1, 0.15) is 116 Å². The van der Waals surface area contributed by atoms with Gasteiger partial charge in [-0.05, 0) is 49.8 Å². The summed E-state index contributed by atoms with van der Waals surface area (Å²) in [6.45, 7) is 4.04. The van der Waals surface area contributed by atoms with Gasteiger partial charge in [0.05, 0.1) is 7.11 Å². The first-order valence-electron chi connectivity index (χ1n) is 14.8. The van der Waals surface area contributed by atoms with Crippen molar-refractivity contribution in [3.8, 4) is 0 Å². The van der Waals surface area contributed by atoms with Crippen LogP contribution in [0, 0.1) is 0 Å². The summed E-state index contributed by atoms with van der Waals surface area (Å²) in [5.74, 6) is -0.415. The summed E-state index contributed by atoms with van der Waals surface area (Å²) >= 11 is 0. The Kier molecular flexibility index (Phi) is 15.1. The highest BCUT2D eigenvalue weighted by molar-refractivity contribution is 5.92. The molecule has 0 heterocycles. The molecule has 5 heteroatoms. The average molecular weight is 527 g/mol. The van der Waals surface area contributed by atoms with Gasteiger partial charge in [0.15, 0.2) is 5.60 Å². The predicted molar refractivity (Wildman–Crippen MR) is 155 cm³/mol. The smallest absolute Gasteiger partial charge is 0.343 e. The lowest BCUT2D eigenvalue weighted by Gasteiger charge is -2.30. The monoisotopic (exact) mass is 526 g/mol. The van der Waals surface area contributed by atoms with Gasteiger partial charge >= 0.3 is 11.9 Å². The number of carbonyl (C=O) groups excluding carboxylic acids is 2. The minimum atomic E-state index is -1.16. The molecule has 0 bridgehead atoms. The number of ether oxygens (including phenoxy) is 3. The Morgan fingerprint density at radius 1 is 0.763 bits per heavy atom. The minimum Gasteiger partial charge on any atom is -0.469 e. The van der Waals surface area contributed by atoms with Crippen LogP contribution in [0.3, 0.4) is 0 Å². The molecule has 0 spiro atoms. The predicted octanol–water partition coefficient (Wildman–Crippen LogP) is 8.66. The number of fused-ring (bicyclic) bond motifs is 1. The third kappa shape index (κ3) is 10.4. The van der Waals surface area contributed by atoms with E-state index in [0.29, 0.717) is 6.42 Å². The maximum Gasteiger partial charge on any atom is 0.343 e. The number of rotatable bonds is 20. The van der Waals surface area contributed by atoms with E-state index in [1.54, 1.807) is 7.11 Å². The standard InChI is InChI=1S/C33H50O5/c1-5-6-7-14-22-28(23-15-12-10-8-9-11-13-16-26-31(34)36-3)38-32(35)33(2,37-4)30-25-19-21-27-20-17-18-24-29(27)30/h17-21,24-25,28H,5-16,22-23,26H2,1-4H3/t28-,33+/m0/s1. The zero-order chi connectivity index (χ0) is 27.6. The lowest BCUT2D eigenvalue weighted by molar-refractivity contribution is -0.174. The Bertz CT molecular complexity index is 950. The molecule has 38 heavy (non-hydrogen) atoms. The van der Waals surface area contributed by atoms with Gasteiger partial charge in [-0.3, -0.25) is 4.79 Å². The van der Waals surface area contributed by atoms with Crippen LogP contribution < -0.4 is 0 Å². The van der Waals surface area contributed by atoms with Crippen LogP contribution >= 0.6 is 0 Å². The first-order valence-corrected chi connectivity index (χ1v) is 14.8. The normalized spacial score (nSPS) is 13.7. The van der Waals surface area contributed by atoms with E-state index in [1.807, 2.05) is 37.3 Å². The lowest BCUT2D eigenvalue weighted by Crippen LogP contribution is -2.38. The van der Waals surface area contributed by atoms with Gasteiger partial charge < -0.3 is 14.2 Å². The van der Waals surface area contributed by atoms with Crippen molar-refractivity contribution >= 4 is 22.7 Å². The van der Waals surface area contributed by atoms with E-state index in [4.69, 9.17) is 9.47 Å². The lowest BCUT2D eigenvalue weighted by atomic mass is 9.90. The van der Waals surface area contributed by atoms with E-state index in [2.05, 4.69) is 23.8 Å². The molecule has 0 aliphatic heterocycles. The maximum atomic E-state index is 13.6. The second-order valence-corrected chi connectivity index (χ2v) is 10.6. The molecule has 2 aromatic carbocycles. The number of hydrogen-bond acceptors (Lipinski definition) is 5. The van der Waals surface area contributed by atoms with Gasteiger partial charge in [-0.25, -0.2) is 4.79 Å². The number of esters is 2. The first-order chi connectivity index (χ1) is 18.5. The molecule has 0 saturated heterocycles. The molecular formula is C33H50O5. The van der Waals surface area contributed by atoms with Crippen molar-refractivity contribution in [3.05, 3.63) is 48.0 Å². The third-order valence-corrected chi connectivity index (χ3v) is 7.64. The van der Waals surface area contributed by atoms with Crippen molar-refractivity contribution in [2.45, 2.75) is 122 Å². The number of hydrogen-bond donors (Lipinski definition) is 0. The topological polar surface area (TPSA) is 61.8 Å². The van der Waals surface area contributed by atoms with E-state index in [-0.39, 0.29) is 18.0 Å². The van der Waals surface area contributed by atoms with E-state index in [9.17, 15) is 9.59 Å². The molecular weight excluding hydrogens is 476 g/mol. The first kappa shape index (κ1) is 31.8. The molecule has 0 radical (unpaired) electrons. The van der Waals surface area contributed by atoms with Crippen molar-refractivity contribution in [2.24, 2.45) is 0 Å². The Labute approximate surface area is 230 Å². The SMILES string of the molecule is CCCCCC[C@@H](CCCCCCCCCCC(=O)OC)OC(=O)[C@](C)(OC)c1cccc2ccccc12. The van der Waals surface area contributed by atoms with E-state index in [1.165, 1.54) is 52.1 Å². The minimum absolute atomic E-state index is 0.0814. The second-order valence-electron chi connectivity index (χ2n) is 10.6. The molecule has 0 amide bonds. The molecule has 0 N–H and O–H groups in total. The van der Waals surface area contributed by atoms with Crippen LogP contribution in [0.5, 0.6) is 0 Å². The highest BCUT2D eigenvalue weighted by atomic mass is 16.6. The molecule has 5 nitrogen and oxygen atoms in total. The zero-order valence-corrected chi connectivity index (χ0v) is 24.3. The number of benzene rings is 2. The van der Waals surface area contributed by atoms with Gasteiger partial charge in [-0.2, -0.15) is 0 Å². The fourth-order valence-electron chi connectivity index (χ4n) is 5.07. The molecule has 2 atom stereocenters. The molecule has 0 aromatic heterocycles. The van der Waals surface area contributed by atoms with Crippen molar-refractivity contribution < 1.29 is 23.8 Å². The highest BCUT2D eigenvalue weighted by Crippen LogP contribution is 2.33. The summed E-state index contributed by atoms with van der Waals surface area (Å²) in [6.07, 6.45) is 15.9. The molecule has 212 valence electrons. The molecule has 0 fully saturated rings. The summed E-state index contributed by atoms with van der Waals surface area (Å²) < 4.78 is 16.7. The number of unbranched alkanes of at least 4 members (excludes halogenated alkanes) is 10.